The van der Waals surface area contributed by atoms with Crippen molar-refractivity contribution in [3.05, 3.63) is 11.3 Å². The van der Waals surface area contributed by atoms with Gasteiger partial charge in [-0.05, 0) is 13.8 Å². The second-order valence-corrected chi connectivity index (χ2v) is 2.81. The van der Waals surface area contributed by atoms with E-state index in [0.717, 1.165) is 11.3 Å². The molecule has 4 heteroatoms. The van der Waals surface area contributed by atoms with Gasteiger partial charge >= 0.3 is 0 Å². The van der Waals surface area contributed by atoms with Crippen LogP contribution in [0.2, 0.25) is 0 Å². The molecule has 1 N–H and O–H groups in total. The van der Waals surface area contributed by atoms with E-state index in [-0.39, 0.29) is 0 Å². The van der Waals surface area contributed by atoms with Crippen molar-refractivity contribution in [2.24, 2.45) is 7.05 Å². The number of hydrogen-bond donors (Lipinski definition) is 1. The summed E-state index contributed by atoms with van der Waals surface area (Å²) in [7, 11) is 3.36. The summed E-state index contributed by atoms with van der Waals surface area (Å²) >= 11 is 0. The Kier molecular flexibility index (Phi) is 2.38. The number of hydrogen-bond acceptors (Lipinski definition) is 3. The fourth-order valence-electron chi connectivity index (χ4n) is 1.38. The maximum atomic E-state index is 9.40. The van der Waals surface area contributed by atoms with Gasteiger partial charge < -0.3 is 9.84 Å². The maximum absolute atomic E-state index is 9.40. The van der Waals surface area contributed by atoms with E-state index in [0.29, 0.717) is 5.88 Å². The van der Waals surface area contributed by atoms with Crippen LogP contribution in [0.15, 0.2) is 0 Å². The van der Waals surface area contributed by atoms with Gasteiger partial charge in [0.05, 0.1) is 24.5 Å². The molecule has 0 aliphatic rings. The molecule has 0 saturated carbocycles. The van der Waals surface area contributed by atoms with Gasteiger partial charge in [-0.15, -0.1) is 0 Å². The highest BCUT2D eigenvalue weighted by atomic mass is 16.5. The average Bonchev–Trinajstić information content (AvgIpc) is 2.24. The van der Waals surface area contributed by atoms with Gasteiger partial charge in [0.15, 0.2) is 0 Å². The van der Waals surface area contributed by atoms with Crippen LogP contribution in [0.3, 0.4) is 0 Å². The number of aromatic nitrogens is 2. The zero-order chi connectivity index (χ0) is 9.30. The Morgan fingerprint density at radius 3 is 2.50 bits per heavy atom. The quantitative estimate of drug-likeness (QED) is 0.713. The molecule has 68 valence electrons. The first-order valence-electron chi connectivity index (χ1n) is 3.83. The Bertz CT molecular complexity index is 279. The molecule has 0 unspecified atom stereocenters. The highest BCUT2D eigenvalue weighted by Gasteiger charge is 2.17. The Morgan fingerprint density at radius 1 is 1.58 bits per heavy atom. The molecule has 0 bridgehead atoms. The van der Waals surface area contributed by atoms with Crippen molar-refractivity contribution in [1.29, 1.82) is 0 Å². The SMILES string of the molecule is COc1c([C@H](C)O)c(C)nn1C. The van der Waals surface area contributed by atoms with Crippen LogP contribution in [0.5, 0.6) is 5.88 Å². The lowest BCUT2D eigenvalue weighted by Gasteiger charge is -2.06. The van der Waals surface area contributed by atoms with Crippen molar-refractivity contribution >= 4 is 0 Å². The van der Waals surface area contributed by atoms with Crippen molar-refractivity contribution in [3.8, 4) is 5.88 Å². The standard InChI is InChI=1S/C8H14N2O2/c1-5-7(6(2)11)8(12-4)10(3)9-5/h6,11H,1-4H3/t6-/m0/s1. The van der Waals surface area contributed by atoms with Gasteiger partial charge in [0.25, 0.3) is 0 Å². The minimum absolute atomic E-state index is 0.534. The maximum Gasteiger partial charge on any atom is 0.217 e. The number of aliphatic hydroxyl groups is 1. The summed E-state index contributed by atoms with van der Waals surface area (Å²) in [6.07, 6.45) is -0.534. The molecule has 1 atom stereocenters. The zero-order valence-corrected chi connectivity index (χ0v) is 7.83. The monoisotopic (exact) mass is 170 g/mol. The minimum atomic E-state index is -0.534. The number of nitrogens with zero attached hydrogens (tertiary/aromatic N) is 2. The van der Waals surface area contributed by atoms with Crippen LogP contribution in [0.25, 0.3) is 0 Å². The summed E-state index contributed by atoms with van der Waals surface area (Å²) in [6, 6.07) is 0. The lowest BCUT2D eigenvalue weighted by molar-refractivity contribution is 0.192. The number of ether oxygens (including phenoxy) is 1. The topological polar surface area (TPSA) is 47.3 Å². The van der Waals surface area contributed by atoms with E-state index >= 15 is 0 Å². The Hall–Kier alpha value is -1.03. The molecule has 0 aliphatic carbocycles. The highest BCUT2D eigenvalue weighted by molar-refractivity contribution is 5.32. The molecule has 0 aliphatic heterocycles. The van der Waals surface area contributed by atoms with Crippen molar-refractivity contribution in [1.82, 2.24) is 9.78 Å². The first-order valence-corrected chi connectivity index (χ1v) is 3.83. The summed E-state index contributed by atoms with van der Waals surface area (Å²) in [6.45, 7) is 3.55. The fourth-order valence-corrected chi connectivity index (χ4v) is 1.38. The lowest BCUT2D eigenvalue weighted by atomic mass is 10.1. The van der Waals surface area contributed by atoms with E-state index in [1.165, 1.54) is 0 Å². The second-order valence-electron chi connectivity index (χ2n) is 2.81. The zero-order valence-electron chi connectivity index (χ0n) is 7.83. The molecular weight excluding hydrogens is 156 g/mol. The third-order valence-corrected chi connectivity index (χ3v) is 1.83. The normalized spacial score (nSPS) is 13.1. The molecule has 12 heavy (non-hydrogen) atoms. The third kappa shape index (κ3) is 1.30. The van der Waals surface area contributed by atoms with E-state index < -0.39 is 6.10 Å². The van der Waals surface area contributed by atoms with Crippen molar-refractivity contribution in [2.75, 3.05) is 7.11 Å². The largest absolute Gasteiger partial charge is 0.481 e. The van der Waals surface area contributed by atoms with Crippen LogP contribution in [0.1, 0.15) is 24.3 Å². The Labute approximate surface area is 71.8 Å². The van der Waals surface area contributed by atoms with Crippen LogP contribution in [-0.4, -0.2) is 22.0 Å². The molecule has 1 heterocycles. The van der Waals surface area contributed by atoms with E-state index in [4.69, 9.17) is 4.74 Å². The summed E-state index contributed by atoms with van der Waals surface area (Å²) in [5, 5.41) is 13.5. The summed E-state index contributed by atoms with van der Waals surface area (Å²) in [4.78, 5) is 0. The smallest absolute Gasteiger partial charge is 0.217 e. The molecule has 0 amide bonds. The van der Waals surface area contributed by atoms with Gasteiger partial charge in [0.2, 0.25) is 5.88 Å². The number of aliphatic hydroxyl groups excluding tert-OH is 1. The van der Waals surface area contributed by atoms with Crippen LogP contribution in [0, 0.1) is 6.92 Å². The summed E-state index contributed by atoms with van der Waals surface area (Å²) < 4.78 is 6.72. The number of aryl methyl sites for hydroxylation is 2. The first kappa shape index (κ1) is 9.06. The first-order chi connectivity index (χ1) is 5.57. The minimum Gasteiger partial charge on any atom is -0.481 e. The highest BCUT2D eigenvalue weighted by Crippen LogP contribution is 2.26. The molecular formula is C8H14N2O2. The predicted octanol–water partition coefficient (Wildman–Crippen LogP) is 0.790. The molecule has 1 aromatic rings. The summed E-state index contributed by atoms with van der Waals surface area (Å²) in [5.41, 5.74) is 1.57. The Balaban J connectivity index is 3.23. The van der Waals surface area contributed by atoms with Gasteiger partial charge in [-0.2, -0.15) is 5.10 Å². The number of methoxy groups -OCH3 is 1. The van der Waals surface area contributed by atoms with Crippen LogP contribution in [0.4, 0.5) is 0 Å². The van der Waals surface area contributed by atoms with E-state index in [1.54, 1.807) is 25.8 Å². The van der Waals surface area contributed by atoms with Gasteiger partial charge in [-0.3, -0.25) is 0 Å². The molecule has 4 nitrogen and oxygen atoms in total. The molecule has 1 rings (SSSR count). The molecule has 1 aromatic heterocycles. The molecule has 0 saturated heterocycles. The van der Waals surface area contributed by atoms with Gasteiger partial charge in [0, 0.05) is 7.05 Å². The molecule has 0 aromatic carbocycles. The summed E-state index contributed by atoms with van der Waals surface area (Å²) in [5.74, 6) is 0.627. The average molecular weight is 170 g/mol. The number of rotatable bonds is 2. The third-order valence-electron chi connectivity index (χ3n) is 1.83. The van der Waals surface area contributed by atoms with Crippen LogP contribution < -0.4 is 4.74 Å². The van der Waals surface area contributed by atoms with Crippen LogP contribution >= 0.6 is 0 Å². The van der Waals surface area contributed by atoms with Crippen LogP contribution in [-0.2, 0) is 7.05 Å². The van der Waals surface area contributed by atoms with Gasteiger partial charge in [-0.25, -0.2) is 4.68 Å². The predicted molar refractivity (Wildman–Crippen MR) is 45.1 cm³/mol. The van der Waals surface area contributed by atoms with E-state index in [1.807, 2.05) is 6.92 Å². The van der Waals surface area contributed by atoms with Crippen molar-refractivity contribution in [3.63, 3.8) is 0 Å². The molecule has 0 spiro atoms. The lowest BCUT2D eigenvalue weighted by Crippen LogP contribution is -1.98. The van der Waals surface area contributed by atoms with E-state index in [2.05, 4.69) is 5.10 Å². The molecule has 0 radical (unpaired) electrons. The fraction of sp³-hybridized carbons (Fsp3) is 0.625. The van der Waals surface area contributed by atoms with Crippen molar-refractivity contribution < 1.29 is 9.84 Å². The van der Waals surface area contributed by atoms with Gasteiger partial charge in [0.1, 0.15) is 0 Å². The second kappa shape index (κ2) is 3.15. The molecule has 0 fully saturated rings. The van der Waals surface area contributed by atoms with Gasteiger partial charge in [-0.1, -0.05) is 0 Å². The van der Waals surface area contributed by atoms with Crippen molar-refractivity contribution in [2.45, 2.75) is 20.0 Å². The Morgan fingerprint density at radius 2 is 2.17 bits per heavy atom. The van der Waals surface area contributed by atoms with E-state index in [9.17, 15) is 5.11 Å².